The lowest BCUT2D eigenvalue weighted by molar-refractivity contribution is -0.870. The van der Waals surface area contributed by atoms with Gasteiger partial charge in [0.15, 0.2) is 6.10 Å². The molecule has 2 atom stereocenters. The molecule has 0 saturated heterocycles. The van der Waals surface area contributed by atoms with Crippen LogP contribution in [0.15, 0.2) is 0 Å². The Morgan fingerprint density at radius 3 is 0.889 bits per heavy atom. The molecular formula is C62H124NO8P. The molecule has 2 unspecified atom stereocenters. The van der Waals surface area contributed by atoms with Crippen molar-refractivity contribution in [1.29, 1.82) is 0 Å². The average Bonchev–Trinajstić information content (AvgIpc) is 3.34. The minimum atomic E-state index is -4.63. The van der Waals surface area contributed by atoms with E-state index in [1.54, 1.807) is 0 Å². The molecule has 0 aliphatic carbocycles. The summed E-state index contributed by atoms with van der Waals surface area (Å²) >= 11 is 0. The van der Waals surface area contributed by atoms with E-state index in [0.29, 0.717) is 17.4 Å². The van der Waals surface area contributed by atoms with Crippen LogP contribution in [0.1, 0.15) is 335 Å². The summed E-state index contributed by atoms with van der Waals surface area (Å²) in [5.41, 5.74) is 0. The number of rotatable bonds is 60. The second kappa shape index (κ2) is 54.8. The third-order valence-corrected chi connectivity index (χ3v) is 15.6. The van der Waals surface area contributed by atoms with Gasteiger partial charge in [-0.1, -0.05) is 309 Å². The lowest BCUT2D eigenvalue weighted by atomic mass is 10.0. The summed E-state index contributed by atoms with van der Waals surface area (Å²) in [5, 5.41) is 0. The molecule has 0 fully saturated rings. The maximum Gasteiger partial charge on any atom is 0.306 e. The predicted octanol–water partition coefficient (Wildman–Crippen LogP) is 19.2. The molecule has 0 N–H and O–H groups in total. The van der Waals surface area contributed by atoms with Crippen molar-refractivity contribution >= 4 is 19.8 Å². The molecule has 10 heteroatoms. The molecule has 0 rings (SSSR count). The molecule has 0 aromatic rings. The number of esters is 2. The quantitative estimate of drug-likeness (QED) is 0.0256. The van der Waals surface area contributed by atoms with Crippen molar-refractivity contribution in [3.63, 3.8) is 0 Å². The zero-order valence-corrected chi connectivity index (χ0v) is 49.8. The molecule has 430 valence electrons. The Morgan fingerprint density at radius 2 is 0.625 bits per heavy atom. The molecular weight excluding hydrogens is 918 g/mol. The van der Waals surface area contributed by atoms with Gasteiger partial charge in [-0.15, -0.1) is 0 Å². The predicted molar refractivity (Wildman–Crippen MR) is 305 cm³/mol. The van der Waals surface area contributed by atoms with Gasteiger partial charge >= 0.3 is 11.9 Å². The minimum absolute atomic E-state index is 0.0250. The van der Waals surface area contributed by atoms with Gasteiger partial charge in [-0.3, -0.25) is 14.2 Å². The van der Waals surface area contributed by atoms with E-state index in [2.05, 4.69) is 13.8 Å². The second-order valence-electron chi connectivity index (χ2n) is 23.1. The minimum Gasteiger partial charge on any atom is -0.756 e. The normalized spacial score (nSPS) is 13.1. The van der Waals surface area contributed by atoms with Gasteiger partial charge in [-0.25, -0.2) is 0 Å². The van der Waals surface area contributed by atoms with Crippen molar-refractivity contribution < 1.29 is 42.1 Å². The summed E-state index contributed by atoms with van der Waals surface area (Å²) in [6.07, 6.45) is 63.2. The van der Waals surface area contributed by atoms with Gasteiger partial charge in [-0.2, -0.15) is 0 Å². The molecule has 0 aromatic heterocycles. The fraction of sp³-hybridized carbons (Fsp3) is 0.968. The highest BCUT2D eigenvalue weighted by atomic mass is 31.2. The standard InChI is InChI=1S/C62H124NO8P/c1-6-8-10-12-14-16-18-20-22-24-25-26-27-28-29-30-31-32-33-34-35-36-37-39-41-43-45-47-49-51-53-55-62(65)71-60(59-70-72(66,67)69-57-56-63(3,4)5)58-68-61(64)54-52-50-48-46-44-42-40-38-23-21-19-17-15-13-11-9-7-2/h60H,6-59H2,1-5H3. The summed E-state index contributed by atoms with van der Waals surface area (Å²) in [5.74, 6) is -0.808. The molecule has 0 heterocycles. The fourth-order valence-corrected chi connectivity index (χ4v) is 10.4. The van der Waals surface area contributed by atoms with Crippen molar-refractivity contribution in [3.8, 4) is 0 Å². The Bertz CT molecular complexity index is 1180. The van der Waals surface area contributed by atoms with Gasteiger partial charge in [0.25, 0.3) is 7.82 Å². The number of carbonyl (C=O) groups is 2. The van der Waals surface area contributed by atoms with E-state index in [0.717, 1.165) is 32.1 Å². The summed E-state index contributed by atoms with van der Waals surface area (Å²) in [7, 11) is 1.19. The third kappa shape index (κ3) is 58.3. The van der Waals surface area contributed by atoms with Gasteiger partial charge in [0.1, 0.15) is 19.8 Å². The van der Waals surface area contributed by atoms with Crippen molar-refractivity contribution in [2.75, 3.05) is 47.5 Å². The molecule has 0 bridgehead atoms. The molecule has 9 nitrogen and oxygen atoms in total. The zero-order chi connectivity index (χ0) is 52.7. The number of carbonyl (C=O) groups excluding carboxylic acids is 2. The van der Waals surface area contributed by atoms with Crippen LogP contribution in [0.5, 0.6) is 0 Å². The van der Waals surface area contributed by atoms with Gasteiger partial charge in [0, 0.05) is 12.8 Å². The second-order valence-corrected chi connectivity index (χ2v) is 24.6. The topological polar surface area (TPSA) is 111 Å². The van der Waals surface area contributed by atoms with E-state index in [4.69, 9.17) is 18.5 Å². The number of phosphoric ester groups is 1. The molecule has 0 amide bonds. The lowest BCUT2D eigenvalue weighted by Crippen LogP contribution is -2.37. The molecule has 0 radical (unpaired) electrons. The Balaban J connectivity index is 3.98. The largest absolute Gasteiger partial charge is 0.756 e. The first-order valence-electron chi connectivity index (χ1n) is 31.7. The van der Waals surface area contributed by atoms with Crippen LogP contribution in [0, 0.1) is 0 Å². The van der Waals surface area contributed by atoms with Crippen LogP contribution in [0.2, 0.25) is 0 Å². The van der Waals surface area contributed by atoms with Crippen LogP contribution in [-0.4, -0.2) is 70.0 Å². The summed E-state index contributed by atoms with van der Waals surface area (Å²) in [6, 6.07) is 0. The maximum absolute atomic E-state index is 12.8. The Labute approximate surface area is 448 Å². The van der Waals surface area contributed by atoms with Crippen LogP contribution in [0.3, 0.4) is 0 Å². The van der Waals surface area contributed by atoms with Crippen LogP contribution in [0.4, 0.5) is 0 Å². The van der Waals surface area contributed by atoms with E-state index in [1.165, 1.54) is 270 Å². The number of quaternary nitrogens is 1. The highest BCUT2D eigenvalue weighted by Crippen LogP contribution is 2.38. The zero-order valence-electron chi connectivity index (χ0n) is 48.9. The van der Waals surface area contributed by atoms with Crippen molar-refractivity contribution in [2.45, 2.75) is 341 Å². The monoisotopic (exact) mass is 1040 g/mol. The van der Waals surface area contributed by atoms with Gasteiger partial charge in [0.05, 0.1) is 27.7 Å². The van der Waals surface area contributed by atoms with Crippen molar-refractivity contribution in [1.82, 2.24) is 0 Å². The Hall–Kier alpha value is -0.990. The Kier molecular flexibility index (Phi) is 54.0. The number of hydrogen-bond acceptors (Lipinski definition) is 8. The Morgan fingerprint density at radius 1 is 0.375 bits per heavy atom. The SMILES string of the molecule is CCCCCCCCCCCCCCCCCCCCCCCCCCCCCCCCCC(=O)OC(COC(=O)CCCCCCCCCCCCCCCCCCC)COP(=O)([O-])OCC[N+](C)(C)C. The van der Waals surface area contributed by atoms with Crippen LogP contribution in [-0.2, 0) is 32.7 Å². The molecule has 0 aliphatic heterocycles. The number of phosphoric acid groups is 1. The van der Waals surface area contributed by atoms with Crippen molar-refractivity contribution in [2.24, 2.45) is 0 Å². The maximum atomic E-state index is 12.8. The highest BCUT2D eigenvalue weighted by molar-refractivity contribution is 7.45. The molecule has 0 saturated carbocycles. The third-order valence-electron chi connectivity index (χ3n) is 14.6. The van der Waals surface area contributed by atoms with E-state index >= 15 is 0 Å². The number of likely N-dealkylation sites (N-methyl/N-ethyl adjacent to an activating group) is 1. The van der Waals surface area contributed by atoms with Crippen LogP contribution in [0.25, 0.3) is 0 Å². The van der Waals surface area contributed by atoms with Gasteiger partial charge in [-0.05, 0) is 12.8 Å². The molecule has 0 spiro atoms. The average molecular weight is 1040 g/mol. The highest BCUT2D eigenvalue weighted by Gasteiger charge is 2.22. The van der Waals surface area contributed by atoms with E-state index < -0.39 is 26.5 Å². The van der Waals surface area contributed by atoms with Crippen molar-refractivity contribution in [3.05, 3.63) is 0 Å². The first-order chi connectivity index (χ1) is 35.0. The summed E-state index contributed by atoms with van der Waals surface area (Å²) in [6.45, 7) is 4.32. The molecule has 0 aliphatic rings. The lowest BCUT2D eigenvalue weighted by Gasteiger charge is -2.28. The summed E-state index contributed by atoms with van der Waals surface area (Å²) in [4.78, 5) is 37.9. The fourth-order valence-electron chi connectivity index (χ4n) is 9.72. The number of hydrogen-bond donors (Lipinski definition) is 0. The van der Waals surface area contributed by atoms with E-state index in [1.807, 2.05) is 21.1 Å². The van der Waals surface area contributed by atoms with E-state index in [-0.39, 0.29) is 32.0 Å². The number of nitrogens with zero attached hydrogens (tertiary/aromatic N) is 1. The number of ether oxygens (including phenoxy) is 2. The first-order valence-corrected chi connectivity index (χ1v) is 33.2. The molecule has 0 aromatic carbocycles. The van der Waals surface area contributed by atoms with Gasteiger partial charge < -0.3 is 27.9 Å². The smallest absolute Gasteiger partial charge is 0.306 e. The first kappa shape index (κ1) is 71.0. The number of unbranched alkanes of at least 4 members (excludes halogenated alkanes) is 46. The van der Waals surface area contributed by atoms with Gasteiger partial charge in [0.2, 0.25) is 0 Å². The van der Waals surface area contributed by atoms with Crippen LogP contribution >= 0.6 is 7.82 Å². The molecule has 72 heavy (non-hydrogen) atoms. The summed E-state index contributed by atoms with van der Waals surface area (Å²) < 4.78 is 34.2. The van der Waals surface area contributed by atoms with Crippen LogP contribution < -0.4 is 4.89 Å². The van der Waals surface area contributed by atoms with E-state index in [9.17, 15) is 19.0 Å².